The number of rotatable bonds is 3. The maximum absolute atomic E-state index is 12.1. The molecule has 0 heterocycles. The van der Waals surface area contributed by atoms with Crippen LogP contribution in [0.3, 0.4) is 0 Å². The largest absolute Gasteiger partial charge is 0.359 e. The number of nitrogens with one attached hydrogen (secondary N) is 2. The predicted molar refractivity (Wildman–Crippen MR) is 91.8 cm³/mol. The van der Waals surface area contributed by atoms with E-state index in [9.17, 15) is 4.79 Å². The Morgan fingerprint density at radius 2 is 1.57 bits per heavy atom. The quantitative estimate of drug-likeness (QED) is 0.544. The lowest BCUT2D eigenvalue weighted by molar-refractivity contribution is -0.129. The van der Waals surface area contributed by atoms with Gasteiger partial charge in [-0.25, -0.2) is 0 Å². The first kappa shape index (κ1) is 19.0. The Bertz CT molecular complexity index is 502. The molecule has 21 heavy (non-hydrogen) atoms. The molecule has 0 aromatic heterocycles. The standard InChI is InChI=1S/C13H15Cl5N2O/c1-12(2,3)11(21)20-10(13(16,17)18)19-9-7(14)5-4-6-8(9)15/h4-6,10,19H,1-3H3,(H,20,21). The molecule has 1 aromatic rings. The normalized spacial score (nSPS) is 13.7. The molecular formula is C13H15Cl5N2O. The summed E-state index contributed by atoms with van der Waals surface area (Å²) in [6, 6.07) is 4.96. The van der Waals surface area contributed by atoms with E-state index in [2.05, 4.69) is 10.6 Å². The highest BCUT2D eigenvalue weighted by atomic mass is 35.6. The highest BCUT2D eigenvalue weighted by molar-refractivity contribution is 6.68. The first-order valence-electron chi connectivity index (χ1n) is 6.01. The second kappa shape index (κ2) is 7.01. The molecule has 0 bridgehead atoms. The van der Waals surface area contributed by atoms with Crippen LogP contribution in [-0.2, 0) is 4.79 Å². The fraction of sp³-hybridized carbons (Fsp3) is 0.462. The third kappa shape index (κ3) is 5.57. The van der Waals surface area contributed by atoms with Crippen molar-refractivity contribution in [3.05, 3.63) is 28.2 Å². The van der Waals surface area contributed by atoms with Crippen molar-refractivity contribution in [3.63, 3.8) is 0 Å². The summed E-state index contributed by atoms with van der Waals surface area (Å²) in [5.74, 6) is -0.283. The van der Waals surface area contributed by atoms with E-state index in [0.29, 0.717) is 15.7 Å². The van der Waals surface area contributed by atoms with Gasteiger partial charge in [0.25, 0.3) is 0 Å². The summed E-state index contributed by atoms with van der Waals surface area (Å²) in [5.41, 5.74) is -0.258. The monoisotopic (exact) mass is 390 g/mol. The molecule has 1 amide bonds. The fourth-order valence-electron chi connectivity index (χ4n) is 1.33. The van der Waals surface area contributed by atoms with Gasteiger partial charge in [-0.1, -0.05) is 84.8 Å². The molecule has 0 spiro atoms. The number of alkyl halides is 3. The van der Waals surface area contributed by atoms with Gasteiger partial charge in [0.2, 0.25) is 9.70 Å². The molecule has 0 aliphatic rings. The van der Waals surface area contributed by atoms with Crippen molar-refractivity contribution in [2.45, 2.75) is 30.7 Å². The maximum Gasteiger partial charge on any atom is 0.228 e. The van der Waals surface area contributed by atoms with Gasteiger partial charge in [-0.2, -0.15) is 0 Å². The van der Waals surface area contributed by atoms with Crippen LogP contribution in [0.5, 0.6) is 0 Å². The third-order valence-electron chi connectivity index (χ3n) is 2.54. The molecule has 0 saturated heterocycles. The highest BCUT2D eigenvalue weighted by Gasteiger charge is 2.37. The summed E-state index contributed by atoms with van der Waals surface area (Å²) < 4.78 is -1.79. The summed E-state index contributed by atoms with van der Waals surface area (Å²) in [6.45, 7) is 5.25. The second-order valence-corrected chi connectivity index (χ2v) is 8.62. The average Bonchev–Trinajstić information content (AvgIpc) is 2.29. The van der Waals surface area contributed by atoms with Gasteiger partial charge in [-0.05, 0) is 12.1 Å². The zero-order chi connectivity index (χ0) is 16.4. The van der Waals surface area contributed by atoms with Gasteiger partial charge >= 0.3 is 0 Å². The molecule has 0 saturated carbocycles. The molecular weight excluding hydrogens is 377 g/mol. The van der Waals surface area contributed by atoms with Crippen LogP contribution in [0.4, 0.5) is 5.69 Å². The van der Waals surface area contributed by atoms with E-state index in [1.165, 1.54) is 0 Å². The van der Waals surface area contributed by atoms with Gasteiger partial charge in [0.05, 0.1) is 15.7 Å². The number of amides is 1. The number of benzene rings is 1. The van der Waals surface area contributed by atoms with E-state index < -0.39 is 15.4 Å². The number of para-hydroxylation sites is 1. The van der Waals surface area contributed by atoms with Gasteiger partial charge in [-0.3, -0.25) is 4.79 Å². The lowest BCUT2D eigenvalue weighted by atomic mass is 9.95. The molecule has 1 atom stereocenters. The Morgan fingerprint density at radius 1 is 1.10 bits per heavy atom. The van der Waals surface area contributed by atoms with E-state index in [1.54, 1.807) is 39.0 Å². The van der Waals surface area contributed by atoms with Crippen molar-refractivity contribution < 1.29 is 4.79 Å². The Kier molecular flexibility index (Phi) is 6.34. The summed E-state index contributed by atoms with van der Waals surface area (Å²) in [4.78, 5) is 12.1. The number of halogens is 5. The zero-order valence-electron chi connectivity index (χ0n) is 11.6. The van der Waals surface area contributed by atoms with E-state index in [0.717, 1.165) is 0 Å². The van der Waals surface area contributed by atoms with Crippen molar-refractivity contribution in [1.82, 2.24) is 5.32 Å². The minimum absolute atomic E-state index is 0.283. The van der Waals surface area contributed by atoms with Gasteiger partial charge in [0.15, 0.2) is 0 Å². The van der Waals surface area contributed by atoms with Crippen molar-refractivity contribution in [2.24, 2.45) is 5.41 Å². The van der Waals surface area contributed by atoms with Crippen LogP contribution in [0.15, 0.2) is 18.2 Å². The summed E-state index contributed by atoms with van der Waals surface area (Å²) >= 11 is 29.9. The van der Waals surface area contributed by atoms with Gasteiger partial charge in [0, 0.05) is 5.41 Å². The molecule has 1 aromatic carbocycles. The smallest absolute Gasteiger partial charge is 0.228 e. The predicted octanol–water partition coefficient (Wildman–Crippen LogP) is 5.26. The molecule has 0 radical (unpaired) electrons. The van der Waals surface area contributed by atoms with E-state index in [1.807, 2.05) is 0 Å². The number of carbonyl (C=O) groups excluding carboxylic acids is 1. The van der Waals surface area contributed by atoms with E-state index >= 15 is 0 Å². The van der Waals surface area contributed by atoms with Crippen molar-refractivity contribution in [1.29, 1.82) is 0 Å². The van der Waals surface area contributed by atoms with Crippen molar-refractivity contribution in [3.8, 4) is 0 Å². The first-order valence-corrected chi connectivity index (χ1v) is 7.90. The Morgan fingerprint density at radius 3 is 1.95 bits per heavy atom. The molecule has 0 fully saturated rings. The molecule has 1 rings (SSSR count). The van der Waals surface area contributed by atoms with Crippen LogP contribution in [0.25, 0.3) is 0 Å². The molecule has 2 N–H and O–H groups in total. The topological polar surface area (TPSA) is 41.1 Å². The second-order valence-electron chi connectivity index (χ2n) is 5.44. The molecule has 0 aliphatic carbocycles. The van der Waals surface area contributed by atoms with E-state index in [4.69, 9.17) is 58.0 Å². The lowest BCUT2D eigenvalue weighted by Gasteiger charge is -2.30. The third-order valence-corrected chi connectivity index (χ3v) is 3.82. The maximum atomic E-state index is 12.1. The van der Waals surface area contributed by atoms with Crippen LogP contribution >= 0.6 is 58.0 Å². The Hall–Kier alpha value is -0.0600. The fourth-order valence-corrected chi connectivity index (χ4v) is 2.16. The highest BCUT2D eigenvalue weighted by Crippen LogP contribution is 2.36. The molecule has 1 unspecified atom stereocenters. The number of anilines is 1. The van der Waals surface area contributed by atoms with Crippen LogP contribution < -0.4 is 10.6 Å². The zero-order valence-corrected chi connectivity index (χ0v) is 15.4. The first-order chi connectivity index (χ1) is 9.43. The van der Waals surface area contributed by atoms with E-state index in [-0.39, 0.29) is 5.91 Å². The number of hydrogen-bond acceptors (Lipinski definition) is 2. The van der Waals surface area contributed by atoms with Crippen LogP contribution in [0.2, 0.25) is 10.0 Å². The Balaban J connectivity index is 3.03. The lowest BCUT2D eigenvalue weighted by Crippen LogP contribution is -2.52. The summed E-state index contributed by atoms with van der Waals surface area (Å²) in [7, 11) is 0. The van der Waals surface area contributed by atoms with Gasteiger partial charge < -0.3 is 10.6 Å². The summed E-state index contributed by atoms with van der Waals surface area (Å²) in [6.07, 6.45) is -0.994. The van der Waals surface area contributed by atoms with Gasteiger partial charge in [0.1, 0.15) is 6.17 Å². The molecule has 3 nitrogen and oxygen atoms in total. The summed E-state index contributed by atoms with van der Waals surface area (Å²) in [5, 5.41) is 6.21. The van der Waals surface area contributed by atoms with Gasteiger partial charge in [-0.15, -0.1) is 0 Å². The molecule has 118 valence electrons. The number of hydrogen-bond donors (Lipinski definition) is 2. The molecule has 0 aliphatic heterocycles. The minimum Gasteiger partial charge on any atom is -0.359 e. The molecule has 8 heteroatoms. The SMILES string of the molecule is CC(C)(C)C(=O)NC(Nc1c(Cl)cccc1Cl)C(Cl)(Cl)Cl. The average molecular weight is 393 g/mol. The number of carbonyl (C=O) groups is 1. The van der Waals surface area contributed by atoms with Crippen LogP contribution in [0, 0.1) is 5.41 Å². The van der Waals surface area contributed by atoms with Crippen molar-refractivity contribution in [2.75, 3.05) is 5.32 Å². The Labute approximate surface area is 149 Å². The van der Waals surface area contributed by atoms with Crippen LogP contribution in [-0.4, -0.2) is 15.9 Å². The van der Waals surface area contributed by atoms with Crippen LogP contribution in [0.1, 0.15) is 20.8 Å². The van der Waals surface area contributed by atoms with Crippen molar-refractivity contribution >= 4 is 69.6 Å². The minimum atomic E-state index is -1.79.